The molecule has 0 saturated carbocycles. The first-order valence-corrected chi connectivity index (χ1v) is 8.33. The van der Waals surface area contributed by atoms with Gasteiger partial charge >= 0.3 is 0 Å². The van der Waals surface area contributed by atoms with Gasteiger partial charge in [-0.25, -0.2) is 0 Å². The van der Waals surface area contributed by atoms with E-state index in [9.17, 15) is 14.9 Å². The smallest absolute Gasteiger partial charge is 0.269 e. The highest BCUT2D eigenvalue weighted by atomic mass is 79.9. The zero-order chi connectivity index (χ0) is 17.7. The van der Waals surface area contributed by atoms with Crippen molar-refractivity contribution in [3.8, 4) is 0 Å². The molecule has 1 N–H and O–H groups in total. The SMILES string of the molecule is CC(C)(CNC(=O)c1ccc([N+](=O)[O-])cc1)Cc1ccc(Br)cc1. The second-order valence-corrected chi connectivity index (χ2v) is 7.37. The lowest BCUT2D eigenvalue weighted by Crippen LogP contribution is -2.35. The Morgan fingerprint density at radius 2 is 1.71 bits per heavy atom. The monoisotopic (exact) mass is 390 g/mol. The van der Waals surface area contributed by atoms with Crippen LogP contribution in [0.25, 0.3) is 0 Å². The minimum atomic E-state index is -0.483. The molecule has 0 fully saturated rings. The maximum absolute atomic E-state index is 12.2. The van der Waals surface area contributed by atoms with Crippen molar-refractivity contribution in [2.75, 3.05) is 6.54 Å². The van der Waals surface area contributed by atoms with Crippen LogP contribution < -0.4 is 5.32 Å². The normalized spacial score (nSPS) is 11.1. The topological polar surface area (TPSA) is 72.2 Å². The van der Waals surface area contributed by atoms with Crippen molar-refractivity contribution in [2.45, 2.75) is 20.3 Å². The maximum Gasteiger partial charge on any atom is 0.269 e. The standard InChI is InChI=1S/C18H19BrN2O3/c1-18(2,11-13-3-7-15(19)8-4-13)12-20-17(22)14-5-9-16(10-6-14)21(23)24/h3-10H,11-12H2,1-2H3,(H,20,22). The largest absolute Gasteiger partial charge is 0.351 e. The van der Waals surface area contributed by atoms with Gasteiger partial charge in [-0.3, -0.25) is 14.9 Å². The Morgan fingerprint density at radius 3 is 2.25 bits per heavy atom. The summed E-state index contributed by atoms with van der Waals surface area (Å²) in [6, 6.07) is 13.7. The molecule has 6 heteroatoms. The number of benzene rings is 2. The minimum Gasteiger partial charge on any atom is -0.351 e. The third-order valence-corrected chi connectivity index (χ3v) is 4.19. The van der Waals surface area contributed by atoms with Crippen LogP contribution in [0.1, 0.15) is 29.8 Å². The lowest BCUT2D eigenvalue weighted by molar-refractivity contribution is -0.384. The third-order valence-electron chi connectivity index (χ3n) is 3.66. The quantitative estimate of drug-likeness (QED) is 0.588. The number of rotatable bonds is 6. The summed E-state index contributed by atoms with van der Waals surface area (Å²) in [4.78, 5) is 22.3. The summed E-state index contributed by atoms with van der Waals surface area (Å²) in [5.74, 6) is -0.228. The first-order chi connectivity index (χ1) is 11.3. The van der Waals surface area contributed by atoms with Gasteiger partial charge in [-0.2, -0.15) is 0 Å². The van der Waals surface area contributed by atoms with Crippen LogP contribution in [0, 0.1) is 15.5 Å². The summed E-state index contributed by atoms with van der Waals surface area (Å²) in [6.07, 6.45) is 0.834. The second kappa shape index (κ2) is 7.57. The molecule has 0 spiro atoms. The Morgan fingerprint density at radius 1 is 1.12 bits per heavy atom. The Bertz CT molecular complexity index is 725. The lowest BCUT2D eigenvalue weighted by Gasteiger charge is -2.25. The fourth-order valence-electron chi connectivity index (χ4n) is 2.37. The second-order valence-electron chi connectivity index (χ2n) is 6.45. The fourth-order valence-corrected chi connectivity index (χ4v) is 2.64. The Kier molecular flexibility index (Phi) is 5.72. The van der Waals surface area contributed by atoms with Gasteiger partial charge in [-0.1, -0.05) is 41.9 Å². The number of nitrogens with one attached hydrogen (secondary N) is 1. The van der Waals surface area contributed by atoms with Crippen LogP contribution >= 0.6 is 15.9 Å². The Balaban J connectivity index is 1.94. The predicted octanol–water partition coefficient (Wildman–Crippen LogP) is 4.36. The van der Waals surface area contributed by atoms with Crippen LogP contribution in [0.5, 0.6) is 0 Å². The van der Waals surface area contributed by atoms with Crippen molar-refractivity contribution in [1.29, 1.82) is 0 Å². The number of carbonyl (C=O) groups is 1. The van der Waals surface area contributed by atoms with Gasteiger partial charge in [0, 0.05) is 28.7 Å². The Hall–Kier alpha value is -2.21. The first kappa shape index (κ1) is 18.1. The van der Waals surface area contributed by atoms with Crippen LogP contribution in [-0.2, 0) is 6.42 Å². The molecule has 0 bridgehead atoms. The van der Waals surface area contributed by atoms with Gasteiger partial charge in [0.2, 0.25) is 0 Å². The molecule has 0 aliphatic rings. The average molecular weight is 391 g/mol. The van der Waals surface area contributed by atoms with Crippen molar-refractivity contribution in [3.05, 3.63) is 74.2 Å². The number of nitro groups is 1. The van der Waals surface area contributed by atoms with Gasteiger partial charge in [0.1, 0.15) is 0 Å². The average Bonchev–Trinajstić information content (AvgIpc) is 2.55. The summed E-state index contributed by atoms with van der Waals surface area (Å²) >= 11 is 3.42. The number of nitrogens with zero attached hydrogens (tertiary/aromatic N) is 1. The van der Waals surface area contributed by atoms with Crippen LogP contribution in [0.3, 0.4) is 0 Å². The molecule has 5 nitrogen and oxygen atoms in total. The molecule has 0 aliphatic heterocycles. The molecule has 24 heavy (non-hydrogen) atoms. The number of non-ortho nitro benzene ring substituents is 1. The molecule has 0 atom stereocenters. The van der Waals surface area contributed by atoms with E-state index in [0.717, 1.165) is 10.9 Å². The molecule has 0 heterocycles. The van der Waals surface area contributed by atoms with Crippen molar-refractivity contribution in [1.82, 2.24) is 5.32 Å². The molecular formula is C18H19BrN2O3. The molecular weight excluding hydrogens is 372 g/mol. The number of hydrogen-bond acceptors (Lipinski definition) is 3. The molecule has 1 amide bonds. The van der Waals surface area contributed by atoms with Crippen LogP contribution in [-0.4, -0.2) is 17.4 Å². The number of hydrogen-bond donors (Lipinski definition) is 1. The van der Waals surface area contributed by atoms with Gasteiger partial charge in [-0.15, -0.1) is 0 Å². The Labute approximate surface area is 149 Å². The van der Waals surface area contributed by atoms with Gasteiger partial charge in [-0.05, 0) is 41.7 Å². The van der Waals surface area contributed by atoms with E-state index in [-0.39, 0.29) is 17.0 Å². The number of halogens is 1. The van der Waals surface area contributed by atoms with Crippen LogP contribution in [0.15, 0.2) is 53.0 Å². The summed E-state index contributed by atoms with van der Waals surface area (Å²) in [7, 11) is 0. The highest BCUT2D eigenvalue weighted by molar-refractivity contribution is 9.10. The van der Waals surface area contributed by atoms with E-state index in [1.54, 1.807) is 0 Å². The lowest BCUT2D eigenvalue weighted by atomic mass is 9.85. The predicted molar refractivity (Wildman–Crippen MR) is 97.1 cm³/mol. The number of amides is 1. The highest BCUT2D eigenvalue weighted by Gasteiger charge is 2.20. The molecule has 0 unspecified atom stereocenters. The van der Waals surface area contributed by atoms with Crippen molar-refractivity contribution in [3.63, 3.8) is 0 Å². The molecule has 2 aromatic carbocycles. The van der Waals surface area contributed by atoms with Gasteiger partial charge in [0.25, 0.3) is 11.6 Å². The molecule has 0 aliphatic carbocycles. The van der Waals surface area contributed by atoms with Crippen LogP contribution in [0.2, 0.25) is 0 Å². The van der Waals surface area contributed by atoms with Crippen molar-refractivity contribution >= 4 is 27.5 Å². The number of carbonyl (C=O) groups excluding carboxylic acids is 1. The fraction of sp³-hybridized carbons (Fsp3) is 0.278. The molecule has 0 saturated heterocycles. The van der Waals surface area contributed by atoms with Gasteiger partial charge in [0.05, 0.1) is 4.92 Å². The van der Waals surface area contributed by atoms with Crippen molar-refractivity contribution < 1.29 is 9.72 Å². The van der Waals surface area contributed by atoms with Crippen molar-refractivity contribution in [2.24, 2.45) is 5.41 Å². The summed E-state index contributed by atoms with van der Waals surface area (Å²) in [6.45, 7) is 4.69. The molecule has 126 valence electrons. The maximum atomic E-state index is 12.2. The summed E-state index contributed by atoms with van der Waals surface area (Å²) in [5.41, 5.74) is 1.49. The van der Waals surface area contributed by atoms with Crippen LogP contribution in [0.4, 0.5) is 5.69 Å². The summed E-state index contributed by atoms with van der Waals surface area (Å²) in [5, 5.41) is 13.5. The zero-order valence-electron chi connectivity index (χ0n) is 13.6. The first-order valence-electron chi connectivity index (χ1n) is 7.54. The van der Waals surface area contributed by atoms with E-state index in [0.29, 0.717) is 12.1 Å². The summed E-state index contributed by atoms with van der Waals surface area (Å²) < 4.78 is 1.04. The molecule has 0 aromatic heterocycles. The van der Waals surface area contributed by atoms with E-state index in [4.69, 9.17) is 0 Å². The zero-order valence-corrected chi connectivity index (χ0v) is 15.2. The van der Waals surface area contributed by atoms with E-state index in [1.807, 2.05) is 12.1 Å². The third kappa shape index (κ3) is 5.16. The minimum absolute atomic E-state index is 0.0258. The molecule has 2 rings (SSSR count). The van der Waals surface area contributed by atoms with Gasteiger partial charge < -0.3 is 5.32 Å². The molecule has 0 radical (unpaired) electrons. The van der Waals surface area contributed by atoms with E-state index < -0.39 is 4.92 Å². The highest BCUT2D eigenvalue weighted by Crippen LogP contribution is 2.22. The number of nitro benzene ring substituents is 1. The van der Waals surface area contributed by atoms with E-state index >= 15 is 0 Å². The van der Waals surface area contributed by atoms with E-state index in [2.05, 4.69) is 47.2 Å². The van der Waals surface area contributed by atoms with Gasteiger partial charge in [0.15, 0.2) is 0 Å². The van der Waals surface area contributed by atoms with E-state index in [1.165, 1.54) is 29.8 Å². The molecule has 2 aromatic rings.